The molecule has 0 saturated heterocycles. The lowest BCUT2D eigenvalue weighted by Crippen LogP contribution is -1.93. The molecule has 1 aromatic heterocycles. The first-order valence-corrected chi connectivity index (χ1v) is 6.91. The summed E-state index contributed by atoms with van der Waals surface area (Å²) >= 11 is 6.01. The Balaban J connectivity index is 1.88. The van der Waals surface area contributed by atoms with E-state index in [2.05, 4.69) is 11.2 Å². The van der Waals surface area contributed by atoms with Crippen molar-refractivity contribution in [1.82, 2.24) is 9.78 Å². The summed E-state index contributed by atoms with van der Waals surface area (Å²) in [5.74, 6) is 0. The molecule has 0 spiro atoms. The second-order valence-electron chi connectivity index (χ2n) is 4.69. The van der Waals surface area contributed by atoms with Crippen LogP contribution in [-0.4, -0.2) is 9.78 Å². The van der Waals surface area contributed by atoms with E-state index in [4.69, 9.17) is 16.9 Å². The van der Waals surface area contributed by atoms with E-state index < -0.39 is 0 Å². The number of halogens is 1. The highest BCUT2D eigenvalue weighted by molar-refractivity contribution is 6.30. The second kappa shape index (κ2) is 5.82. The quantitative estimate of drug-likeness (QED) is 0.724. The lowest BCUT2D eigenvalue weighted by Gasteiger charge is -2.05. The van der Waals surface area contributed by atoms with Crippen LogP contribution < -0.4 is 0 Å². The van der Waals surface area contributed by atoms with Crippen LogP contribution in [0.4, 0.5) is 0 Å². The van der Waals surface area contributed by atoms with Gasteiger partial charge in [-0.25, -0.2) is 4.68 Å². The SMILES string of the molecule is N#CCc1cnn(-c2ccc(-c3cccc(Cl)c3)cc2)c1. The summed E-state index contributed by atoms with van der Waals surface area (Å²) in [4.78, 5) is 0. The third-order valence-corrected chi connectivity index (χ3v) is 3.44. The van der Waals surface area contributed by atoms with Crippen LogP contribution in [0, 0.1) is 11.3 Å². The first kappa shape index (κ1) is 13.4. The molecule has 0 unspecified atom stereocenters. The number of nitriles is 1. The van der Waals surface area contributed by atoms with Crippen molar-refractivity contribution in [1.29, 1.82) is 5.26 Å². The fraction of sp³-hybridized carbons (Fsp3) is 0.0588. The topological polar surface area (TPSA) is 41.6 Å². The smallest absolute Gasteiger partial charge is 0.0670 e. The summed E-state index contributed by atoms with van der Waals surface area (Å²) in [7, 11) is 0. The van der Waals surface area contributed by atoms with Crippen LogP contribution in [0.5, 0.6) is 0 Å². The summed E-state index contributed by atoms with van der Waals surface area (Å²) in [6.45, 7) is 0. The molecule has 0 bridgehead atoms. The normalized spacial score (nSPS) is 10.3. The van der Waals surface area contributed by atoms with Crippen LogP contribution in [0.25, 0.3) is 16.8 Å². The van der Waals surface area contributed by atoms with Crippen LogP contribution in [0.15, 0.2) is 60.9 Å². The third-order valence-electron chi connectivity index (χ3n) is 3.21. The van der Waals surface area contributed by atoms with Gasteiger partial charge in [0.25, 0.3) is 0 Å². The third kappa shape index (κ3) is 2.96. The van der Waals surface area contributed by atoms with E-state index in [0.29, 0.717) is 6.42 Å². The van der Waals surface area contributed by atoms with Crippen molar-refractivity contribution in [3.8, 4) is 22.9 Å². The van der Waals surface area contributed by atoms with Crippen LogP contribution >= 0.6 is 11.6 Å². The van der Waals surface area contributed by atoms with E-state index in [1.54, 1.807) is 10.9 Å². The van der Waals surface area contributed by atoms with Gasteiger partial charge in [0, 0.05) is 16.8 Å². The zero-order valence-electron chi connectivity index (χ0n) is 11.2. The van der Waals surface area contributed by atoms with Gasteiger partial charge < -0.3 is 0 Å². The van der Waals surface area contributed by atoms with E-state index in [0.717, 1.165) is 27.4 Å². The fourth-order valence-electron chi connectivity index (χ4n) is 2.16. The Morgan fingerprint density at radius 2 is 1.90 bits per heavy atom. The predicted molar refractivity (Wildman–Crippen MR) is 83.3 cm³/mol. The van der Waals surface area contributed by atoms with Gasteiger partial charge in [-0.2, -0.15) is 10.4 Å². The number of aromatic nitrogens is 2. The molecule has 0 aliphatic rings. The van der Waals surface area contributed by atoms with E-state index >= 15 is 0 Å². The largest absolute Gasteiger partial charge is 0.241 e. The number of rotatable bonds is 3. The van der Waals surface area contributed by atoms with Gasteiger partial charge in [-0.3, -0.25) is 0 Å². The predicted octanol–water partition coefficient (Wildman–Crippen LogP) is 4.26. The highest BCUT2D eigenvalue weighted by Crippen LogP contribution is 2.23. The molecule has 0 amide bonds. The number of hydrogen-bond donors (Lipinski definition) is 0. The standard InChI is InChI=1S/C17H12ClN3/c18-16-3-1-2-15(10-16)14-4-6-17(7-5-14)21-12-13(8-9-19)11-20-21/h1-7,10-12H,8H2. The number of benzene rings is 2. The second-order valence-corrected chi connectivity index (χ2v) is 5.12. The van der Waals surface area contributed by atoms with Crippen LogP contribution in [0.1, 0.15) is 5.56 Å². The molecule has 0 aliphatic heterocycles. The summed E-state index contributed by atoms with van der Waals surface area (Å²) < 4.78 is 1.77. The minimum atomic E-state index is 0.376. The Labute approximate surface area is 128 Å². The van der Waals surface area contributed by atoms with Crippen molar-refractivity contribution >= 4 is 11.6 Å². The lowest BCUT2D eigenvalue weighted by atomic mass is 10.1. The van der Waals surface area contributed by atoms with Gasteiger partial charge in [-0.1, -0.05) is 35.9 Å². The molecule has 102 valence electrons. The summed E-state index contributed by atoms with van der Waals surface area (Å²) in [5.41, 5.74) is 4.06. The molecular weight excluding hydrogens is 282 g/mol. The van der Waals surface area contributed by atoms with Gasteiger partial charge in [0.15, 0.2) is 0 Å². The molecule has 0 atom stereocenters. The van der Waals surface area contributed by atoms with Crippen molar-refractivity contribution in [2.24, 2.45) is 0 Å². The zero-order chi connectivity index (χ0) is 14.7. The molecule has 21 heavy (non-hydrogen) atoms. The summed E-state index contributed by atoms with van der Waals surface area (Å²) in [5, 5.41) is 13.7. The highest BCUT2D eigenvalue weighted by Gasteiger charge is 2.02. The molecule has 1 heterocycles. The maximum atomic E-state index is 8.69. The van der Waals surface area contributed by atoms with Crippen molar-refractivity contribution < 1.29 is 0 Å². The molecule has 0 N–H and O–H groups in total. The van der Waals surface area contributed by atoms with E-state index in [1.807, 2.05) is 54.7 Å². The number of hydrogen-bond acceptors (Lipinski definition) is 2. The first-order valence-electron chi connectivity index (χ1n) is 6.53. The minimum absolute atomic E-state index is 0.376. The average Bonchev–Trinajstić information content (AvgIpc) is 2.97. The molecule has 0 fully saturated rings. The van der Waals surface area contributed by atoms with Crippen molar-refractivity contribution in [2.45, 2.75) is 6.42 Å². The molecular formula is C17H12ClN3. The lowest BCUT2D eigenvalue weighted by molar-refractivity contribution is 0.880. The molecule has 0 aliphatic carbocycles. The first-order chi connectivity index (χ1) is 10.3. The molecule has 0 saturated carbocycles. The Bertz CT molecular complexity index is 797. The highest BCUT2D eigenvalue weighted by atomic mass is 35.5. The Hall–Kier alpha value is -2.57. The van der Waals surface area contributed by atoms with E-state index in [9.17, 15) is 0 Å². The van der Waals surface area contributed by atoms with Gasteiger partial charge in [-0.05, 0) is 35.4 Å². The molecule has 3 rings (SSSR count). The Morgan fingerprint density at radius 1 is 1.10 bits per heavy atom. The number of nitrogens with zero attached hydrogens (tertiary/aromatic N) is 3. The molecule has 2 aromatic carbocycles. The van der Waals surface area contributed by atoms with Crippen LogP contribution in [0.3, 0.4) is 0 Å². The average molecular weight is 294 g/mol. The van der Waals surface area contributed by atoms with Crippen molar-refractivity contribution in [3.63, 3.8) is 0 Å². The zero-order valence-corrected chi connectivity index (χ0v) is 12.0. The maximum absolute atomic E-state index is 8.69. The van der Waals surface area contributed by atoms with Crippen molar-refractivity contribution in [3.05, 3.63) is 71.5 Å². The summed E-state index contributed by atoms with van der Waals surface area (Å²) in [6.07, 6.45) is 3.96. The van der Waals surface area contributed by atoms with Crippen LogP contribution in [0.2, 0.25) is 5.02 Å². The minimum Gasteiger partial charge on any atom is -0.241 e. The summed E-state index contributed by atoms with van der Waals surface area (Å²) in [6, 6.07) is 18.0. The van der Waals surface area contributed by atoms with Crippen molar-refractivity contribution in [2.75, 3.05) is 0 Å². The van der Waals surface area contributed by atoms with Gasteiger partial charge >= 0.3 is 0 Å². The van der Waals surface area contributed by atoms with Crippen LogP contribution in [-0.2, 0) is 6.42 Å². The molecule has 0 radical (unpaired) electrons. The van der Waals surface area contributed by atoms with Gasteiger partial charge in [0.1, 0.15) is 0 Å². The fourth-order valence-corrected chi connectivity index (χ4v) is 2.35. The monoisotopic (exact) mass is 293 g/mol. The van der Waals surface area contributed by atoms with E-state index in [-0.39, 0.29) is 0 Å². The Kier molecular flexibility index (Phi) is 3.72. The molecule has 3 nitrogen and oxygen atoms in total. The maximum Gasteiger partial charge on any atom is 0.0670 e. The Morgan fingerprint density at radius 3 is 2.62 bits per heavy atom. The molecule has 3 aromatic rings. The van der Waals surface area contributed by atoms with E-state index in [1.165, 1.54) is 0 Å². The van der Waals surface area contributed by atoms with Gasteiger partial charge in [0.2, 0.25) is 0 Å². The molecule has 4 heteroatoms. The van der Waals surface area contributed by atoms with Gasteiger partial charge in [0.05, 0.1) is 24.4 Å². The van der Waals surface area contributed by atoms with Gasteiger partial charge in [-0.15, -0.1) is 0 Å².